The maximum Gasteiger partial charge on any atom is 0.222 e. The predicted octanol–water partition coefficient (Wildman–Crippen LogP) is 3.74. The van der Waals surface area contributed by atoms with Crippen LogP contribution in [0.25, 0.3) is 0 Å². The van der Waals surface area contributed by atoms with Gasteiger partial charge >= 0.3 is 0 Å². The smallest absolute Gasteiger partial charge is 0.222 e. The van der Waals surface area contributed by atoms with Gasteiger partial charge in [-0.3, -0.25) is 4.79 Å². The van der Waals surface area contributed by atoms with Crippen molar-refractivity contribution < 1.29 is 14.3 Å². The minimum absolute atomic E-state index is 0.100. The highest BCUT2D eigenvalue weighted by Crippen LogP contribution is 2.34. The van der Waals surface area contributed by atoms with E-state index in [0.29, 0.717) is 18.9 Å². The molecule has 1 aliphatic rings. The summed E-state index contributed by atoms with van der Waals surface area (Å²) in [5.41, 5.74) is 1.14. The second-order valence-corrected chi connectivity index (χ2v) is 7.36. The average Bonchev–Trinajstić information content (AvgIpc) is 2.95. The van der Waals surface area contributed by atoms with Crippen molar-refractivity contribution in [1.82, 2.24) is 10.2 Å². The zero-order valence-corrected chi connectivity index (χ0v) is 17.0. The molecule has 0 saturated carbocycles. The summed E-state index contributed by atoms with van der Waals surface area (Å²) in [4.78, 5) is 13.5. The minimum Gasteiger partial charge on any atom is -0.490 e. The Kier molecular flexibility index (Phi) is 8.03. The molecular formula is C19H29BrN2O3. The van der Waals surface area contributed by atoms with Crippen LogP contribution in [0.1, 0.15) is 45.6 Å². The zero-order chi connectivity index (χ0) is 18.2. The van der Waals surface area contributed by atoms with Crippen molar-refractivity contribution in [3.63, 3.8) is 0 Å². The Balaban J connectivity index is 1.85. The molecule has 5 nitrogen and oxygen atoms in total. The largest absolute Gasteiger partial charge is 0.490 e. The number of amides is 1. The third-order valence-corrected chi connectivity index (χ3v) is 4.78. The monoisotopic (exact) mass is 412 g/mol. The van der Waals surface area contributed by atoms with E-state index in [1.54, 1.807) is 0 Å². The van der Waals surface area contributed by atoms with Crippen LogP contribution in [0.15, 0.2) is 16.6 Å². The minimum atomic E-state index is 0.100. The third-order valence-electron chi connectivity index (χ3n) is 4.04. The highest BCUT2D eigenvalue weighted by atomic mass is 79.9. The lowest BCUT2D eigenvalue weighted by molar-refractivity contribution is -0.127. The fraction of sp³-hybridized carbons (Fsp3) is 0.632. The van der Waals surface area contributed by atoms with E-state index in [1.807, 2.05) is 37.8 Å². The number of ether oxygens (including phenoxy) is 2. The Morgan fingerprint density at radius 2 is 2.12 bits per heavy atom. The third kappa shape index (κ3) is 6.19. The molecule has 1 aromatic rings. The number of nitrogens with one attached hydrogen (secondary N) is 1. The van der Waals surface area contributed by atoms with Gasteiger partial charge in [0, 0.05) is 30.5 Å². The highest BCUT2D eigenvalue weighted by Gasteiger charge is 2.19. The van der Waals surface area contributed by atoms with Crippen LogP contribution in [0.3, 0.4) is 0 Å². The lowest BCUT2D eigenvalue weighted by Gasteiger charge is -2.18. The van der Waals surface area contributed by atoms with Crippen molar-refractivity contribution in [1.29, 1.82) is 0 Å². The normalized spacial score (nSPS) is 14.4. The fourth-order valence-electron chi connectivity index (χ4n) is 2.89. The number of hydrogen-bond donors (Lipinski definition) is 1. The summed E-state index contributed by atoms with van der Waals surface area (Å²) in [5.74, 6) is 1.84. The van der Waals surface area contributed by atoms with Gasteiger partial charge < -0.3 is 19.7 Å². The molecule has 140 valence electrons. The van der Waals surface area contributed by atoms with Gasteiger partial charge in [-0.1, -0.05) is 15.9 Å². The first-order valence-corrected chi connectivity index (χ1v) is 9.91. The van der Waals surface area contributed by atoms with Gasteiger partial charge in [-0.25, -0.2) is 0 Å². The molecule has 6 heteroatoms. The summed E-state index contributed by atoms with van der Waals surface area (Å²) >= 11 is 3.62. The molecule has 1 fully saturated rings. The van der Waals surface area contributed by atoms with Crippen molar-refractivity contribution in [3.05, 3.63) is 22.2 Å². The number of benzene rings is 1. The fourth-order valence-corrected chi connectivity index (χ4v) is 3.35. The number of halogens is 1. The molecule has 1 N–H and O–H groups in total. The van der Waals surface area contributed by atoms with Gasteiger partial charge in [-0.15, -0.1) is 0 Å². The molecule has 1 aromatic carbocycles. The molecule has 0 bridgehead atoms. The first kappa shape index (κ1) is 20.0. The number of likely N-dealkylation sites (tertiary alicyclic amines) is 1. The van der Waals surface area contributed by atoms with E-state index >= 15 is 0 Å². The van der Waals surface area contributed by atoms with Crippen LogP contribution in [-0.4, -0.2) is 43.2 Å². The van der Waals surface area contributed by atoms with Crippen molar-refractivity contribution >= 4 is 21.8 Å². The molecule has 25 heavy (non-hydrogen) atoms. The molecule has 1 amide bonds. The molecule has 2 rings (SSSR count). The molecule has 0 aromatic heterocycles. The van der Waals surface area contributed by atoms with E-state index in [-0.39, 0.29) is 6.10 Å². The number of carbonyl (C=O) groups excluding carboxylic acids is 1. The van der Waals surface area contributed by atoms with Crippen molar-refractivity contribution in [3.8, 4) is 11.5 Å². The first-order chi connectivity index (χ1) is 12.0. The Morgan fingerprint density at radius 1 is 1.32 bits per heavy atom. The lowest BCUT2D eigenvalue weighted by Crippen LogP contribution is -2.28. The second kappa shape index (κ2) is 10.0. The van der Waals surface area contributed by atoms with Crippen LogP contribution in [0.2, 0.25) is 0 Å². The predicted molar refractivity (Wildman–Crippen MR) is 103 cm³/mol. The summed E-state index contributed by atoms with van der Waals surface area (Å²) in [7, 11) is 0. The van der Waals surface area contributed by atoms with E-state index in [0.717, 1.165) is 60.6 Å². The molecule has 0 aliphatic carbocycles. The summed E-state index contributed by atoms with van der Waals surface area (Å²) in [6.45, 7) is 9.97. The number of nitrogens with zero attached hydrogens (tertiary/aromatic N) is 1. The van der Waals surface area contributed by atoms with Crippen molar-refractivity contribution in [2.75, 3.05) is 26.2 Å². The average molecular weight is 413 g/mol. The zero-order valence-electron chi connectivity index (χ0n) is 15.4. The van der Waals surface area contributed by atoms with Gasteiger partial charge in [0.2, 0.25) is 5.91 Å². The maximum atomic E-state index is 11.6. The molecule has 0 unspecified atom stereocenters. The van der Waals surface area contributed by atoms with Gasteiger partial charge in [0.05, 0.1) is 12.7 Å². The Labute approximate surface area is 159 Å². The van der Waals surface area contributed by atoms with E-state index < -0.39 is 0 Å². The van der Waals surface area contributed by atoms with E-state index in [2.05, 4.69) is 21.2 Å². The van der Waals surface area contributed by atoms with Gasteiger partial charge in [0.25, 0.3) is 0 Å². The van der Waals surface area contributed by atoms with Crippen LogP contribution in [0.5, 0.6) is 11.5 Å². The Hall–Kier alpha value is -1.27. The van der Waals surface area contributed by atoms with Crippen LogP contribution < -0.4 is 14.8 Å². The molecular weight excluding hydrogens is 384 g/mol. The van der Waals surface area contributed by atoms with E-state index in [4.69, 9.17) is 9.47 Å². The molecule has 0 atom stereocenters. The SMILES string of the molecule is CCOc1cc(CNCCCN2CCCC2=O)c(Br)cc1OC(C)C. The van der Waals surface area contributed by atoms with Crippen molar-refractivity contribution in [2.24, 2.45) is 0 Å². The molecule has 0 spiro atoms. The summed E-state index contributed by atoms with van der Waals surface area (Å²) in [6, 6.07) is 4.01. The Morgan fingerprint density at radius 3 is 2.76 bits per heavy atom. The number of rotatable bonds is 10. The molecule has 0 radical (unpaired) electrons. The summed E-state index contributed by atoms with van der Waals surface area (Å²) in [5, 5.41) is 3.45. The number of carbonyl (C=O) groups is 1. The van der Waals surface area contributed by atoms with Crippen LogP contribution in [0.4, 0.5) is 0 Å². The van der Waals surface area contributed by atoms with Gasteiger partial charge in [0.15, 0.2) is 11.5 Å². The van der Waals surface area contributed by atoms with Gasteiger partial charge in [0.1, 0.15) is 0 Å². The van der Waals surface area contributed by atoms with Gasteiger partial charge in [-0.05, 0) is 57.9 Å². The Bertz CT molecular complexity index is 578. The lowest BCUT2D eigenvalue weighted by atomic mass is 10.2. The molecule has 1 aliphatic heterocycles. The summed E-state index contributed by atoms with van der Waals surface area (Å²) < 4.78 is 12.6. The topological polar surface area (TPSA) is 50.8 Å². The van der Waals surface area contributed by atoms with Crippen LogP contribution in [-0.2, 0) is 11.3 Å². The van der Waals surface area contributed by atoms with Crippen LogP contribution in [0, 0.1) is 0 Å². The first-order valence-electron chi connectivity index (χ1n) is 9.11. The number of hydrogen-bond acceptors (Lipinski definition) is 4. The molecule has 1 heterocycles. The maximum absolute atomic E-state index is 11.6. The van der Waals surface area contributed by atoms with E-state index in [9.17, 15) is 4.79 Å². The van der Waals surface area contributed by atoms with Crippen LogP contribution >= 0.6 is 15.9 Å². The van der Waals surface area contributed by atoms with Gasteiger partial charge in [-0.2, -0.15) is 0 Å². The summed E-state index contributed by atoms with van der Waals surface area (Å²) in [6.07, 6.45) is 2.79. The highest BCUT2D eigenvalue weighted by molar-refractivity contribution is 9.10. The second-order valence-electron chi connectivity index (χ2n) is 6.50. The molecule has 1 saturated heterocycles. The quantitative estimate of drug-likeness (QED) is 0.594. The van der Waals surface area contributed by atoms with Crippen molar-refractivity contribution in [2.45, 2.75) is 52.7 Å². The van der Waals surface area contributed by atoms with E-state index in [1.165, 1.54) is 0 Å². The standard InChI is InChI=1S/C19H29BrN2O3/c1-4-24-17-11-15(16(20)12-18(17)25-14(2)3)13-21-8-6-10-22-9-5-7-19(22)23/h11-12,14,21H,4-10,13H2,1-3H3.